The van der Waals surface area contributed by atoms with Crippen LogP contribution in [0.25, 0.3) is 0 Å². The van der Waals surface area contributed by atoms with Crippen molar-refractivity contribution in [3.63, 3.8) is 0 Å². The van der Waals surface area contributed by atoms with Crippen molar-refractivity contribution in [3.05, 3.63) is 52.3 Å². The average molecular weight is 244 g/mol. The molecule has 1 aromatic heterocycles. The maximum atomic E-state index is 9.46. The van der Waals surface area contributed by atoms with Crippen molar-refractivity contribution in [2.24, 2.45) is 0 Å². The van der Waals surface area contributed by atoms with Gasteiger partial charge in [0.25, 0.3) is 0 Å². The second kappa shape index (κ2) is 5.36. The molecule has 1 atom stereocenters. The van der Waals surface area contributed by atoms with Crippen molar-refractivity contribution in [1.29, 1.82) is 0 Å². The normalized spacial score (nSPS) is 12.7. The first kappa shape index (κ1) is 12.8. The Morgan fingerprint density at radius 3 is 2.33 bits per heavy atom. The first-order valence-electron chi connectivity index (χ1n) is 6.35. The molecule has 1 aromatic carbocycles. The zero-order chi connectivity index (χ0) is 13.1. The summed E-state index contributed by atoms with van der Waals surface area (Å²) in [5.41, 5.74) is 5.82. The van der Waals surface area contributed by atoms with E-state index in [9.17, 15) is 5.11 Å². The van der Waals surface area contributed by atoms with Gasteiger partial charge in [-0.25, -0.2) is 0 Å². The van der Waals surface area contributed by atoms with E-state index < -0.39 is 6.10 Å². The molecule has 0 saturated carbocycles. The van der Waals surface area contributed by atoms with E-state index >= 15 is 0 Å². The lowest BCUT2D eigenvalue weighted by Gasteiger charge is -2.06. The van der Waals surface area contributed by atoms with Gasteiger partial charge < -0.3 is 5.11 Å². The Balaban J connectivity index is 2.02. The number of aliphatic hydroxyl groups is 1. The molecule has 18 heavy (non-hydrogen) atoms. The molecule has 0 aliphatic carbocycles. The van der Waals surface area contributed by atoms with Crippen molar-refractivity contribution >= 4 is 0 Å². The summed E-state index contributed by atoms with van der Waals surface area (Å²) in [4.78, 5) is 0. The zero-order valence-corrected chi connectivity index (χ0v) is 11.2. The Kier molecular flexibility index (Phi) is 3.82. The van der Waals surface area contributed by atoms with Crippen molar-refractivity contribution in [2.75, 3.05) is 0 Å². The number of aliphatic hydroxyl groups excluding tert-OH is 1. The van der Waals surface area contributed by atoms with Gasteiger partial charge in [0.15, 0.2) is 0 Å². The third-order valence-electron chi connectivity index (χ3n) is 3.41. The largest absolute Gasteiger partial charge is 0.389 e. The van der Waals surface area contributed by atoms with Crippen LogP contribution in [0.15, 0.2) is 24.3 Å². The smallest absolute Gasteiger partial charge is 0.0761 e. The first-order valence-corrected chi connectivity index (χ1v) is 6.35. The van der Waals surface area contributed by atoms with Gasteiger partial charge in [-0.3, -0.25) is 5.10 Å². The minimum atomic E-state index is -0.391. The van der Waals surface area contributed by atoms with Gasteiger partial charge in [0.2, 0.25) is 0 Å². The minimum absolute atomic E-state index is 0.391. The van der Waals surface area contributed by atoms with E-state index in [1.807, 2.05) is 19.1 Å². The molecule has 0 aliphatic heterocycles. The van der Waals surface area contributed by atoms with E-state index in [1.54, 1.807) is 6.92 Å². The molecule has 1 heterocycles. The summed E-state index contributed by atoms with van der Waals surface area (Å²) in [6.07, 6.45) is 1.61. The number of aryl methyl sites for hydroxylation is 3. The highest BCUT2D eigenvalue weighted by Gasteiger charge is 2.06. The summed E-state index contributed by atoms with van der Waals surface area (Å²) in [6, 6.07) is 8.17. The molecule has 0 unspecified atom stereocenters. The molecule has 0 spiro atoms. The molecule has 2 aromatic rings. The Labute approximate surface area is 108 Å². The highest BCUT2D eigenvalue weighted by molar-refractivity contribution is 5.27. The highest BCUT2D eigenvalue weighted by atomic mass is 16.3. The molecule has 0 amide bonds. The van der Waals surface area contributed by atoms with Crippen LogP contribution in [-0.2, 0) is 12.8 Å². The lowest BCUT2D eigenvalue weighted by atomic mass is 10.0. The monoisotopic (exact) mass is 244 g/mol. The standard InChI is InChI=1S/C15H20N2O/c1-10-15(11(2)17-16-10)9-6-13-4-7-14(8-5-13)12(3)18/h4-5,7-8,12,18H,6,9H2,1-3H3,(H,16,17)/t12-/m0/s1. The van der Waals surface area contributed by atoms with Crippen LogP contribution in [0, 0.1) is 13.8 Å². The van der Waals surface area contributed by atoms with Crippen LogP contribution in [-0.4, -0.2) is 15.3 Å². The molecular formula is C15H20N2O. The van der Waals surface area contributed by atoms with E-state index in [4.69, 9.17) is 0 Å². The lowest BCUT2D eigenvalue weighted by molar-refractivity contribution is 0.199. The van der Waals surface area contributed by atoms with Crippen molar-refractivity contribution in [2.45, 2.75) is 39.7 Å². The fraction of sp³-hybridized carbons (Fsp3) is 0.400. The summed E-state index contributed by atoms with van der Waals surface area (Å²) >= 11 is 0. The second-order valence-electron chi connectivity index (χ2n) is 4.83. The van der Waals surface area contributed by atoms with Crippen molar-refractivity contribution < 1.29 is 5.11 Å². The number of aromatic nitrogens is 2. The molecule has 2 rings (SSSR count). The molecule has 3 heteroatoms. The van der Waals surface area contributed by atoms with Crippen molar-refractivity contribution in [1.82, 2.24) is 10.2 Å². The van der Waals surface area contributed by atoms with Gasteiger partial charge >= 0.3 is 0 Å². The second-order valence-corrected chi connectivity index (χ2v) is 4.83. The summed E-state index contributed by atoms with van der Waals surface area (Å²) in [6.45, 7) is 5.88. The number of H-pyrrole nitrogens is 1. The van der Waals surface area contributed by atoms with Crippen LogP contribution in [0.3, 0.4) is 0 Å². The van der Waals surface area contributed by atoms with Crippen LogP contribution < -0.4 is 0 Å². The summed E-state index contributed by atoms with van der Waals surface area (Å²) in [5, 5.41) is 16.7. The van der Waals surface area contributed by atoms with E-state index in [1.165, 1.54) is 11.1 Å². The van der Waals surface area contributed by atoms with Crippen molar-refractivity contribution in [3.8, 4) is 0 Å². The van der Waals surface area contributed by atoms with Gasteiger partial charge in [0, 0.05) is 5.69 Å². The summed E-state index contributed by atoms with van der Waals surface area (Å²) in [7, 11) is 0. The topological polar surface area (TPSA) is 48.9 Å². The number of rotatable bonds is 4. The fourth-order valence-corrected chi connectivity index (χ4v) is 2.17. The van der Waals surface area contributed by atoms with Gasteiger partial charge in [0.05, 0.1) is 11.8 Å². The Hall–Kier alpha value is -1.61. The number of hydrogen-bond donors (Lipinski definition) is 2. The number of nitrogens with zero attached hydrogens (tertiary/aromatic N) is 1. The van der Waals surface area contributed by atoms with Gasteiger partial charge in [-0.1, -0.05) is 24.3 Å². The van der Waals surface area contributed by atoms with Crippen LogP contribution in [0.5, 0.6) is 0 Å². The predicted molar refractivity (Wildman–Crippen MR) is 72.5 cm³/mol. The van der Waals surface area contributed by atoms with Gasteiger partial charge in [-0.15, -0.1) is 0 Å². The zero-order valence-electron chi connectivity index (χ0n) is 11.2. The average Bonchev–Trinajstić information content (AvgIpc) is 2.67. The number of nitrogens with one attached hydrogen (secondary N) is 1. The minimum Gasteiger partial charge on any atom is -0.389 e. The highest BCUT2D eigenvalue weighted by Crippen LogP contribution is 2.16. The Morgan fingerprint density at radius 2 is 1.83 bits per heavy atom. The van der Waals surface area contributed by atoms with E-state index in [0.29, 0.717) is 0 Å². The molecule has 3 nitrogen and oxygen atoms in total. The maximum absolute atomic E-state index is 9.46. The number of aromatic amines is 1. The predicted octanol–water partition coefficient (Wildman–Crippen LogP) is 2.87. The molecule has 0 bridgehead atoms. The van der Waals surface area contributed by atoms with Crippen LogP contribution in [0.4, 0.5) is 0 Å². The third kappa shape index (κ3) is 2.79. The Morgan fingerprint density at radius 1 is 1.17 bits per heavy atom. The van der Waals surface area contributed by atoms with Gasteiger partial charge in [0.1, 0.15) is 0 Å². The van der Waals surface area contributed by atoms with E-state index in [-0.39, 0.29) is 0 Å². The molecule has 96 valence electrons. The molecule has 0 aliphatic rings. The quantitative estimate of drug-likeness (QED) is 0.868. The summed E-state index contributed by atoms with van der Waals surface area (Å²) < 4.78 is 0. The molecule has 2 N–H and O–H groups in total. The fourth-order valence-electron chi connectivity index (χ4n) is 2.17. The summed E-state index contributed by atoms with van der Waals surface area (Å²) in [5.74, 6) is 0. The first-order chi connectivity index (χ1) is 8.58. The molecular weight excluding hydrogens is 224 g/mol. The van der Waals surface area contributed by atoms with Gasteiger partial charge in [-0.05, 0) is 50.3 Å². The third-order valence-corrected chi connectivity index (χ3v) is 3.41. The van der Waals surface area contributed by atoms with Crippen LogP contribution >= 0.6 is 0 Å². The van der Waals surface area contributed by atoms with Crippen LogP contribution in [0.2, 0.25) is 0 Å². The van der Waals surface area contributed by atoms with Crippen LogP contribution in [0.1, 0.15) is 41.1 Å². The number of benzene rings is 1. The molecule has 0 radical (unpaired) electrons. The maximum Gasteiger partial charge on any atom is 0.0761 e. The lowest BCUT2D eigenvalue weighted by Crippen LogP contribution is -1.96. The SMILES string of the molecule is Cc1n[nH]c(C)c1CCc1ccc([C@H](C)O)cc1. The molecule has 0 saturated heterocycles. The molecule has 0 fully saturated rings. The number of hydrogen-bond acceptors (Lipinski definition) is 2. The van der Waals surface area contributed by atoms with Gasteiger partial charge in [-0.2, -0.15) is 5.10 Å². The van der Waals surface area contributed by atoms with E-state index in [0.717, 1.165) is 29.8 Å². The van der Waals surface area contributed by atoms with E-state index in [2.05, 4.69) is 29.3 Å². The Bertz CT molecular complexity index is 492.